The van der Waals surface area contributed by atoms with Gasteiger partial charge in [-0.2, -0.15) is 0 Å². The van der Waals surface area contributed by atoms with Gasteiger partial charge in [0.05, 0.1) is 23.7 Å². The van der Waals surface area contributed by atoms with E-state index in [4.69, 9.17) is 9.72 Å². The number of nitrogens with zero attached hydrogens (tertiary/aromatic N) is 3. The fraction of sp³-hybridized carbons (Fsp3) is 0.360. The maximum atomic E-state index is 13.2. The van der Waals surface area contributed by atoms with Crippen LogP contribution in [0.1, 0.15) is 19.8 Å². The van der Waals surface area contributed by atoms with Gasteiger partial charge in [-0.25, -0.2) is 4.98 Å². The van der Waals surface area contributed by atoms with Crippen LogP contribution in [0, 0.1) is 5.92 Å². The zero-order valence-electron chi connectivity index (χ0n) is 19.1. The number of rotatable bonds is 8. The maximum Gasteiger partial charge on any atom is 0.310 e. The predicted molar refractivity (Wildman–Crippen MR) is 136 cm³/mol. The second kappa shape index (κ2) is 11.0. The van der Waals surface area contributed by atoms with Gasteiger partial charge in [-0.1, -0.05) is 48.2 Å². The van der Waals surface area contributed by atoms with Gasteiger partial charge in [-0.3, -0.25) is 19.0 Å². The lowest BCUT2D eigenvalue weighted by molar-refractivity contribution is -0.151. The molecule has 1 saturated heterocycles. The molecule has 7 nitrogen and oxygen atoms in total. The molecule has 1 aliphatic rings. The number of hydrogen-bond acceptors (Lipinski definition) is 7. The highest BCUT2D eigenvalue weighted by atomic mass is 32.2. The molecule has 0 aliphatic carbocycles. The zero-order chi connectivity index (χ0) is 24.1. The summed E-state index contributed by atoms with van der Waals surface area (Å²) < 4.78 is 6.69. The Labute approximate surface area is 206 Å². The van der Waals surface area contributed by atoms with Gasteiger partial charge in [0.1, 0.15) is 4.83 Å². The Morgan fingerprint density at radius 2 is 2.12 bits per heavy atom. The number of piperidine rings is 1. The number of fused-ring (bicyclic) bond motifs is 1. The summed E-state index contributed by atoms with van der Waals surface area (Å²) in [7, 11) is 0. The highest BCUT2D eigenvalue weighted by Crippen LogP contribution is 2.32. The minimum Gasteiger partial charge on any atom is -0.466 e. The summed E-state index contributed by atoms with van der Waals surface area (Å²) in [4.78, 5) is 46.3. The van der Waals surface area contributed by atoms with Crippen molar-refractivity contribution in [3.05, 3.63) is 59.4 Å². The molecule has 2 aromatic heterocycles. The number of allylic oxidation sites excluding steroid dienone is 1. The lowest BCUT2D eigenvalue weighted by Gasteiger charge is -2.31. The molecule has 4 rings (SSSR count). The normalized spacial score (nSPS) is 15.9. The van der Waals surface area contributed by atoms with Crippen LogP contribution in [0.5, 0.6) is 0 Å². The van der Waals surface area contributed by atoms with Crippen LogP contribution in [0.3, 0.4) is 0 Å². The Balaban J connectivity index is 1.54. The molecule has 0 spiro atoms. The van der Waals surface area contributed by atoms with Crippen LogP contribution in [-0.2, 0) is 20.9 Å². The van der Waals surface area contributed by atoms with Crippen molar-refractivity contribution in [2.24, 2.45) is 5.92 Å². The average molecular weight is 498 g/mol. The lowest BCUT2D eigenvalue weighted by Crippen LogP contribution is -2.43. The van der Waals surface area contributed by atoms with Gasteiger partial charge in [0.2, 0.25) is 5.91 Å². The number of aromatic nitrogens is 2. The Morgan fingerprint density at radius 1 is 1.32 bits per heavy atom. The lowest BCUT2D eigenvalue weighted by atomic mass is 9.98. The number of esters is 1. The Morgan fingerprint density at radius 3 is 2.85 bits per heavy atom. The van der Waals surface area contributed by atoms with Crippen molar-refractivity contribution in [2.75, 3.05) is 25.4 Å². The van der Waals surface area contributed by atoms with Gasteiger partial charge in [-0.15, -0.1) is 17.9 Å². The summed E-state index contributed by atoms with van der Waals surface area (Å²) in [6, 6.07) is 11.8. The van der Waals surface area contributed by atoms with Gasteiger partial charge in [0.25, 0.3) is 5.56 Å². The van der Waals surface area contributed by atoms with E-state index in [9.17, 15) is 14.4 Å². The number of carbonyl (C=O) groups excluding carboxylic acids is 2. The first-order valence-electron chi connectivity index (χ1n) is 11.3. The van der Waals surface area contributed by atoms with Crippen LogP contribution in [-0.4, -0.2) is 51.8 Å². The van der Waals surface area contributed by atoms with Gasteiger partial charge >= 0.3 is 5.97 Å². The number of carbonyl (C=O) groups is 2. The quantitative estimate of drug-likeness (QED) is 0.201. The number of thioether (sulfide) groups is 1. The number of likely N-dealkylation sites (tertiary alicyclic amines) is 1. The minimum absolute atomic E-state index is 0.0744. The highest BCUT2D eigenvalue weighted by Gasteiger charge is 2.29. The summed E-state index contributed by atoms with van der Waals surface area (Å²) in [5.74, 6) is -0.457. The second-order valence-corrected chi connectivity index (χ2v) is 9.99. The highest BCUT2D eigenvalue weighted by molar-refractivity contribution is 7.99. The molecule has 0 N–H and O–H groups in total. The van der Waals surface area contributed by atoms with Crippen LogP contribution in [0.2, 0.25) is 0 Å². The molecule has 0 bridgehead atoms. The van der Waals surface area contributed by atoms with Gasteiger partial charge in [0, 0.05) is 24.5 Å². The van der Waals surface area contributed by atoms with E-state index in [2.05, 4.69) is 6.58 Å². The molecule has 3 heterocycles. The molecule has 1 atom stereocenters. The smallest absolute Gasteiger partial charge is 0.310 e. The molecule has 178 valence electrons. The van der Waals surface area contributed by atoms with Gasteiger partial charge in [-0.05, 0) is 31.4 Å². The van der Waals surface area contributed by atoms with Crippen molar-refractivity contribution in [2.45, 2.75) is 31.5 Å². The standard InChI is InChI=1S/C25H27N3O4S2/c1-3-12-28-23(30)19-14-20(17-9-6-5-7-10-17)34-22(19)26-25(28)33-16-21(29)27-13-8-11-18(15-27)24(31)32-4-2/h3,5-7,9-10,14,18H,1,4,8,11-13,15-16H2,2H3. The van der Waals surface area contributed by atoms with Crippen LogP contribution >= 0.6 is 23.1 Å². The molecule has 1 aliphatic heterocycles. The summed E-state index contributed by atoms with van der Waals surface area (Å²) >= 11 is 2.71. The number of ether oxygens (including phenoxy) is 1. The Kier molecular flexibility index (Phi) is 7.84. The SMILES string of the molecule is C=CCn1c(SCC(=O)N2CCCC(C(=O)OCC)C2)nc2sc(-c3ccccc3)cc2c1=O. The third kappa shape index (κ3) is 5.26. The van der Waals surface area contributed by atoms with Gasteiger partial charge in [0.15, 0.2) is 5.16 Å². The third-order valence-corrected chi connectivity index (χ3v) is 7.74. The van der Waals surface area contributed by atoms with Crippen molar-refractivity contribution in [3.63, 3.8) is 0 Å². The summed E-state index contributed by atoms with van der Waals surface area (Å²) in [6.45, 7) is 7.18. The van der Waals surface area contributed by atoms with Crippen molar-refractivity contribution in [1.82, 2.24) is 14.5 Å². The van der Waals surface area contributed by atoms with Crippen molar-refractivity contribution >= 4 is 45.2 Å². The maximum absolute atomic E-state index is 13.2. The van der Waals surface area contributed by atoms with Gasteiger partial charge < -0.3 is 9.64 Å². The van der Waals surface area contributed by atoms with Crippen LogP contribution < -0.4 is 5.56 Å². The largest absolute Gasteiger partial charge is 0.466 e. The fourth-order valence-electron chi connectivity index (χ4n) is 4.02. The monoisotopic (exact) mass is 497 g/mol. The summed E-state index contributed by atoms with van der Waals surface area (Å²) in [5, 5.41) is 1.06. The number of thiophene rings is 1. The van der Waals surface area contributed by atoms with Crippen LogP contribution in [0.15, 0.2) is 59.0 Å². The fourth-order valence-corrected chi connectivity index (χ4v) is 6.01. The number of benzene rings is 1. The molecule has 1 fully saturated rings. The first kappa shape index (κ1) is 24.2. The first-order valence-corrected chi connectivity index (χ1v) is 13.1. The molecular weight excluding hydrogens is 470 g/mol. The van der Waals surface area contributed by atoms with E-state index in [1.165, 1.54) is 23.1 Å². The molecule has 9 heteroatoms. The Bertz CT molecular complexity index is 1250. The van der Waals surface area contributed by atoms with Crippen LogP contribution in [0.25, 0.3) is 20.7 Å². The molecule has 1 aromatic carbocycles. The second-order valence-electron chi connectivity index (χ2n) is 8.01. The Hall–Kier alpha value is -2.91. The average Bonchev–Trinajstić information content (AvgIpc) is 3.30. The summed E-state index contributed by atoms with van der Waals surface area (Å²) in [6.07, 6.45) is 3.15. The zero-order valence-corrected chi connectivity index (χ0v) is 20.7. The number of hydrogen-bond donors (Lipinski definition) is 0. The van der Waals surface area contributed by atoms with E-state index in [1.807, 2.05) is 36.4 Å². The van der Waals surface area contributed by atoms with E-state index < -0.39 is 0 Å². The number of amides is 1. The van der Waals surface area contributed by atoms with E-state index >= 15 is 0 Å². The molecular formula is C25H27N3O4S2. The van der Waals surface area contributed by atoms with Crippen LogP contribution in [0.4, 0.5) is 0 Å². The van der Waals surface area contributed by atoms with Crippen molar-refractivity contribution in [1.29, 1.82) is 0 Å². The van der Waals surface area contributed by atoms with Crippen molar-refractivity contribution in [3.8, 4) is 10.4 Å². The summed E-state index contributed by atoms with van der Waals surface area (Å²) in [5.41, 5.74) is 0.893. The minimum atomic E-state index is -0.279. The van der Waals surface area contributed by atoms with Crippen molar-refractivity contribution < 1.29 is 14.3 Å². The predicted octanol–water partition coefficient (Wildman–Crippen LogP) is 4.20. The molecule has 1 unspecified atom stereocenters. The van der Waals surface area contributed by atoms with E-state index in [0.29, 0.717) is 41.6 Å². The molecule has 1 amide bonds. The molecule has 34 heavy (non-hydrogen) atoms. The van der Waals surface area contributed by atoms with E-state index in [0.717, 1.165) is 23.3 Å². The third-order valence-electron chi connectivity index (χ3n) is 5.70. The molecule has 0 radical (unpaired) electrons. The molecule has 3 aromatic rings. The topological polar surface area (TPSA) is 81.5 Å². The van der Waals surface area contributed by atoms with E-state index in [1.54, 1.807) is 22.5 Å². The first-order chi connectivity index (χ1) is 16.5. The van der Waals surface area contributed by atoms with E-state index in [-0.39, 0.29) is 29.1 Å². The molecule has 0 saturated carbocycles.